The lowest BCUT2D eigenvalue weighted by molar-refractivity contribution is -0.151. The fraction of sp³-hybridized carbons (Fsp3) is 0.533. The molecular weight excluding hydrogens is 596 g/mol. The highest BCUT2D eigenvalue weighted by Gasteiger charge is 2.75. The Morgan fingerprint density at radius 2 is 1.60 bits per heavy atom. The standard InChI is InChI=1S/C30H31F6N3O3S/c1-26(2)24(23(40)12-7-20-13-29(20,32)33)37-25(38-26)27-15-28(16-27,17-27)39(43(41,42)22-10-8-21(31)9-11-22)14-18-3-5-19(6-4-18)30(34,35)36/h3-6,8-11,20,24H,7,12-17H2,1-2H3,(H,37,38). The van der Waals surface area contributed by atoms with Crippen LogP contribution in [0.3, 0.4) is 0 Å². The van der Waals surface area contributed by atoms with Crippen LogP contribution >= 0.6 is 0 Å². The number of nitrogens with zero attached hydrogens (tertiary/aromatic N) is 2. The van der Waals surface area contributed by atoms with Gasteiger partial charge in [0.15, 0.2) is 5.78 Å². The molecule has 2 aromatic rings. The molecule has 2 unspecified atom stereocenters. The van der Waals surface area contributed by atoms with E-state index in [4.69, 9.17) is 4.99 Å². The second-order valence-electron chi connectivity index (χ2n) is 13.1. The minimum absolute atomic E-state index is 0.000566. The first kappa shape index (κ1) is 30.1. The topological polar surface area (TPSA) is 78.8 Å². The van der Waals surface area contributed by atoms with Gasteiger partial charge in [-0.15, -0.1) is 0 Å². The van der Waals surface area contributed by atoms with E-state index in [0.29, 0.717) is 30.7 Å². The number of alkyl halides is 5. The van der Waals surface area contributed by atoms with Crippen molar-refractivity contribution >= 4 is 21.6 Å². The van der Waals surface area contributed by atoms with E-state index in [1.54, 1.807) is 0 Å². The molecule has 4 aliphatic carbocycles. The van der Waals surface area contributed by atoms with E-state index < -0.39 is 62.0 Å². The van der Waals surface area contributed by atoms with Crippen molar-refractivity contribution < 1.29 is 39.6 Å². The second kappa shape index (κ2) is 9.53. The molecule has 0 aromatic heterocycles. The van der Waals surface area contributed by atoms with Crippen LogP contribution in [-0.2, 0) is 27.5 Å². The highest BCUT2D eigenvalue weighted by Crippen LogP contribution is 2.71. The number of carbonyl (C=O) groups is 1. The van der Waals surface area contributed by atoms with Crippen LogP contribution in [0.2, 0.25) is 0 Å². The monoisotopic (exact) mass is 627 g/mol. The van der Waals surface area contributed by atoms with Crippen molar-refractivity contribution in [3.05, 3.63) is 65.5 Å². The normalized spacial score (nSPS) is 30.2. The molecule has 7 rings (SSSR count). The predicted molar refractivity (Wildman–Crippen MR) is 145 cm³/mol. The van der Waals surface area contributed by atoms with Crippen molar-refractivity contribution in [3.8, 4) is 0 Å². The van der Waals surface area contributed by atoms with Crippen LogP contribution in [0.25, 0.3) is 0 Å². The zero-order valence-electron chi connectivity index (χ0n) is 23.5. The molecule has 1 aliphatic heterocycles. The van der Waals surface area contributed by atoms with E-state index in [-0.39, 0.29) is 36.5 Å². The number of nitrogens with one attached hydrogen (secondary N) is 1. The first-order valence-corrected chi connectivity index (χ1v) is 15.5. The van der Waals surface area contributed by atoms with Gasteiger partial charge in [0.05, 0.1) is 16.0 Å². The minimum Gasteiger partial charge on any atom is -0.366 e. The van der Waals surface area contributed by atoms with Gasteiger partial charge in [0.1, 0.15) is 17.7 Å². The lowest BCUT2D eigenvalue weighted by Gasteiger charge is -2.73. The summed E-state index contributed by atoms with van der Waals surface area (Å²) in [5.74, 6) is -3.71. The number of carbonyl (C=O) groups excluding carboxylic acids is 1. The molecule has 0 spiro atoms. The molecule has 5 aliphatic rings. The highest BCUT2D eigenvalue weighted by atomic mass is 32.2. The molecule has 2 aromatic carbocycles. The molecule has 2 atom stereocenters. The Labute approximate surface area is 245 Å². The molecule has 13 heteroatoms. The minimum atomic E-state index is -4.54. The highest BCUT2D eigenvalue weighted by molar-refractivity contribution is 7.89. The summed E-state index contributed by atoms with van der Waals surface area (Å²) in [6.45, 7) is 3.44. The van der Waals surface area contributed by atoms with E-state index in [0.717, 1.165) is 36.4 Å². The molecule has 4 saturated carbocycles. The second-order valence-corrected chi connectivity index (χ2v) is 15.0. The molecule has 4 fully saturated rings. The summed E-state index contributed by atoms with van der Waals surface area (Å²) in [6, 6.07) is 7.93. The van der Waals surface area contributed by atoms with Gasteiger partial charge in [-0.3, -0.25) is 9.79 Å². The summed E-state index contributed by atoms with van der Waals surface area (Å²) in [7, 11) is -4.18. The maximum absolute atomic E-state index is 13.9. The summed E-state index contributed by atoms with van der Waals surface area (Å²) in [6.07, 6.45) is -3.51. The number of halogens is 6. The van der Waals surface area contributed by atoms with Crippen LogP contribution in [0.1, 0.15) is 63.5 Å². The number of aliphatic imine (C=N–C) groups is 1. The van der Waals surface area contributed by atoms with E-state index in [1.165, 1.54) is 16.4 Å². The summed E-state index contributed by atoms with van der Waals surface area (Å²) in [4.78, 5) is 17.6. The molecule has 6 nitrogen and oxygen atoms in total. The first-order valence-electron chi connectivity index (χ1n) is 14.1. The fourth-order valence-corrected chi connectivity index (χ4v) is 8.69. The number of benzene rings is 2. The molecule has 0 saturated heterocycles. The Bertz CT molecular complexity index is 1570. The van der Waals surface area contributed by atoms with E-state index in [1.807, 2.05) is 13.8 Å². The van der Waals surface area contributed by atoms with Crippen LogP contribution in [0.4, 0.5) is 26.3 Å². The van der Waals surface area contributed by atoms with Gasteiger partial charge in [-0.1, -0.05) is 12.1 Å². The third-order valence-electron chi connectivity index (χ3n) is 9.43. The third-order valence-corrected chi connectivity index (χ3v) is 11.4. The Hall–Kier alpha value is -2.93. The molecule has 1 heterocycles. The summed E-state index contributed by atoms with van der Waals surface area (Å²) in [5, 5.41) is 3.33. The van der Waals surface area contributed by atoms with Crippen LogP contribution in [0.5, 0.6) is 0 Å². The van der Waals surface area contributed by atoms with E-state index >= 15 is 0 Å². The molecular formula is C30H31F6N3O3S. The summed E-state index contributed by atoms with van der Waals surface area (Å²) in [5.41, 5.74) is -2.59. The average molecular weight is 628 g/mol. The number of hydrogen-bond acceptors (Lipinski definition) is 5. The molecule has 0 radical (unpaired) electrons. The maximum atomic E-state index is 13.9. The molecule has 2 bridgehead atoms. The summed E-state index contributed by atoms with van der Waals surface area (Å²) < 4.78 is 109. The molecule has 1 N–H and O–H groups in total. The number of amidine groups is 1. The first-order chi connectivity index (χ1) is 19.9. The average Bonchev–Trinajstić information content (AvgIpc) is 3.35. The van der Waals surface area contributed by atoms with Gasteiger partial charge in [-0.05, 0) is 81.5 Å². The predicted octanol–water partition coefficient (Wildman–Crippen LogP) is 6.11. The number of sulfonamides is 1. The van der Waals surface area contributed by atoms with Gasteiger partial charge in [0.25, 0.3) is 5.92 Å². The quantitative estimate of drug-likeness (QED) is 0.323. The van der Waals surface area contributed by atoms with E-state index in [9.17, 15) is 39.6 Å². The molecule has 43 heavy (non-hydrogen) atoms. The van der Waals surface area contributed by atoms with Crippen molar-refractivity contribution in [2.75, 3.05) is 0 Å². The van der Waals surface area contributed by atoms with E-state index in [2.05, 4.69) is 5.32 Å². The van der Waals surface area contributed by atoms with Gasteiger partial charge in [-0.25, -0.2) is 21.6 Å². The van der Waals surface area contributed by atoms with Crippen LogP contribution in [-0.4, -0.2) is 47.4 Å². The zero-order chi connectivity index (χ0) is 31.2. The van der Waals surface area contributed by atoms with Crippen LogP contribution in [0, 0.1) is 17.2 Å². The van der Waals surface area contributed by atoms with Crippen LogP contribution < -0.4 is 5.32 Å². The van der Waals surface area contributed by atoms with Crippen molar-refractivity contribution in [2.45, 2.75) is 93.0 Å². The number of hydrogen-bond donors (Lipinski definition) is 1. The Balaban J connectivity index is 1.22. The summed E-state index contributed by atoms with van der Waals surface area (Å²) >= 11 is 0. The zero-order valence-corrected chi connectivity index (χ0v) is 24.3. The van der Waals surface area contributed by atoms with Crippen molar-refractivity contribution in [2.24, 2.45) is 16.3 Å². The van der Waals surface area contributed by atoms with Gasteiger partial charge in [0.2, 0.25) is 10.0 Å². The Morgan fingerprint density at radius 3 is 2.14 bits per heavy atom. The van der Waals surface area contributed by atoms with Crippen molar-refractivity contribution in [1.29, 1.82) is 0 Å². The Morgan fingerprint density at radius 1 is 1.02 bits per heavy atom. The maximum Gasteiger partial charge on any atom is 0.416 e. The third kappa shape index (κ3) is 5.15. The molecule has 232 valence electrons. The SMILES string of the molecule is CC1(C)NC(C23CC(N(Cc4ccc(C(F)(F)F)cc4)S(=O)(=O)c4ccc(F)cc4)(C2)C3)=NC1C(=O)CCC1CC1(F)F. The van der Waals surface area contributed by atoms with Crippen LogP contribution in [0.15, 0.2) is 58.4 Å². The number of rotatable bonds is 10. The lowest BCUT2D eigenvalue weighted by atomic mass is 9.38. The Kier molecular flexibility index (Phi) is 6.68. The fourth-order valence-electron chi connectivity index (χ4n) is 6.93. The van der Waals surface area contributed by atoms with Gasteiger partial charge in [-0.2, -0.15) is 17.5 Å². The number of Topliss-reactive ketones (excluding diaryl/α,β-unsaturated/α-hetero) is 1. The largest absolute Gasteiger partial charge is 0.416 e. The molecule has 0 amide bonds. The van der Waals surface area contributed by atoms with Crippen molar-refractivity contribution in [3.63, 3.8) is 0 Å². The van der Waals surface area contributed by atoms with Crippen molar-refractivity contribution in [1.82, 2.24) is 9.62 Å². The van der Waals surface area contributed by atoms with Gasteiger partial charge >= 0.3 is 6.18 Å². The number of ketones is 1. The lowest BCUT2D eigenvalue weighted by Crippen LogP contribution is -2.78. The smallest absolute Gasteiger partial charge is 0.366 e. The van der Waals surface area contributed by atoms with Gasteiger partial charge in [0, 0.05) is 36.3 Å². The van der Waals surface area contributed by atoms with Gasteiger partial charge < -0.3 is 5.32 Å².